The Morgan fingerprint density at radius 2 is 1.60 bits per heavy atom. The fourth-order valence-corrected chi connectivity index (χ4v) is 2.39. The molecule has 0 aromatic heterocycles. The van der Waals surface area contributed by atoms with Crippen molar-refractivity contribution in [2.45, 2.75) is 10.00 Å². The van der Waals surface area contributed by atoms with E-state index < -0.39 is 10.00 Å². The van der Waals surface area contributed by atoms with E-state index in [0.717, 1.165) is 11.1 Å². The summed E-state index contributed by atoms with van der Waals surface area (Å²) in [6.45, 7) is 0. The lowest BCUT2D eigenvalue weighted by molar-refractivity contribution is 0.501. The van der Waals surface area contributed by atoms with E-state index in [1.807, 2.05) is 30.3 Å². The van der Waals surface area contributed by atoms with E-state index in [9.17, 15) is 9.59 Å². The Labute approximate surface area is 125 Å². The number of allylic oxidation sites excluding steroid dienone is 2. The van der Waals surface area contributed by atoms with Crippen molar-refractivity contribution in [3.8, 4) is 0 Å². The second-order valence-electron chi connectivity index (χ2n) is 4.05. The first-order valence-corrected chi connectivity index (χ1v) is 6.34. The Balaban J connectivity index is 2.53. The molecule has 0 saturated heterocycles. The van der Waals surface area contributed by atoms with Crippen LogP contribution >= 0.6 is 23.2 Å². The van der Waals surface area contributed by atoms with Crippen molar-refractivity contribution >= 4 is 40.9 Å². The maximum atomic E-state index is 10.5. The van der Waals surface area contributed by atoms with Crippen LogP contribution in [0, 0.1) is 0 Å². The summed E-state index contributed by atoms with van der Waals surface area (Å²) in [5, 5.41) is 0. The van der Waals surface area contributed by atoms with Crippen LogP contribution in [0.25, 0.3) is 5.57 Å². The number of benzene rings is 1. The maximum Gasteiger partial charge on any atom is 0.237 e. The molecule has 1 aromatic carbocycles. The zero-order valence-corrected chi connectivity index (χ0v) is 11.6. The SMILES string of the molecule is O=C=NC1(N=C=O)C=CC(c2ccccc2)=CC1(Cl)Cl. The van der Waals surface area contributed by atoms with Gasteiger partial charge in [0.15, 0.2) is 4.33 Å². The Hall–Kier alpha value is -1.96. The lowest BCUT2D eigenvalue weighted by Gasteiger charge is -2.32. The van der Waals surface area contributed by atoms with Crippen molar-refractivity contribution < 1.29 is 9.59 Å². The summed E-state index contributed by atoms with van der Waals surface area (Å²) in [6.07, 6.45) is 7.15. The quantitative estimate of drug-likeness (QED) is 0.489. The minimum absolute atomic E-state index is 0.730. The minimum atomic E-state index is -1.74. The van der Waals surface area contributed by atoms with Gasteiger partial charge in [-0.3, -0.25) is 0 Å². The van der Waals surface area contributed by atoms with E-state index in [-0.39, 0.29) is 0 Å². The van der Waals surface area contributed by atoms with Crippen molar-refractivity contribution in [3.63, 3.8) is 0 Å². The molecule has 0 amide bonds. The Morgan fingerprint density at radius 3 is 2.10 bits per heavy atom. The van der Waals surface area contributed by atoms with E-state index in [0.29, 0.717) is 0 Å². The van der Waals surface area contributed by atoms with Gasteiger partial charge in [-0.2, -0.15) is 9.98 Å². The van der Waals surface area contributed by atoms with Crippen molar-refractivity contribution in [3.05, 3.63) is 54.1 Å². The molecule has 0 radical (unpaired) electrons. The fraction of sp³-hybridized carbons (Fsp3) is 0.143. The first kappa shape index (κ1) is 14.4. The second kappa shape index (κ2) is 5.58. The first-order chi connectivity index (χ1) is 9.54. The molecule has 2 rings (SSSR count). The molecule has 0 atom stereocenters. The van der Waals surface area contributed by atoms with Crippen molar-refractivity contribution in [2.24, 2.45) is 9.98 Å². The summed E-state index contributed by atoms with van der Waals surface area (Å²) in [4.78, 5) is 28.0. The molecular weight excluding hydrogens is 299 g/mol. The molecule has 1 aromatic rings. The third kappa shape index (κ3) is 2.51. The highest BCUT2D eigenvalue weighted by molar-refractivity contribution is 6.51. The van der Waals surface area contributed by atoms with Crippen LogP contribution in [0.1, 0.15) is 5.56 Å². The Kier molecular flexibility index (Phi) is 4.03. The van der Waals surface area contributed by atoms with Gasteiger partial charge in [-0.15, -0.1) is 0 Å². The van der Waals surface area contributed by atoms with Crippen LogP contribution < -0.4 is 0 Å². The highest BCUT2D eigenvalue weighted by Crippen LogP contribution is 2.45. The number of isocyanates is 2. The van der Waals surface area contributed by atoms with Crippen LogP contribution in [0.15, 0.2) is 58.5 Å². The smallest absolute Gasteiger partial charge is 0.211 e. The molecule has 0 spiro atoms. The van der Waals surface area contributed by atoms with Crippen molar-refractivity contribution in [2.75, 3.05) is 0 Å². The third-order valence-corrected chi connectivity index (χ3v) is 3.64. The molecule has 0 aliphatic heterocycles. The normalized spacial score (nSPS) is 23.2. The predicted molar refractivity (Wildman–Crippen MR) is 77.0 cm³/mol. The van der Waals surface area contributed by atoms with Crippen LogP contribution in [-0.2, 0) is 9.59 Å². The average Bonchev–Trinajstić information content (AvgIpc) is 2.43. The zero-order chi connectivity index (χ0) is 14.6. The van der Waals surface area contributed by atoms with Gasteiger partial charge in [-0.25, -0.2) is 9.59 Å². The largest absolute Gasteiger partial charge is 0.237 e. The molecule has 1 aliphatic carbocycles. The van der Waals surface area contributed by atoms with Gasteiger partial charge in [0.1, 0.15) is 0 Å². The molecular formula is C14H8Cl2N2O2. The first-order valence-electron chi connectivity index (χ1n) is 5.58. The average molecular weight is 307 g/mol. The van der Waals surface area contributed by atoms with E-state index >= 15 is 0 Å². The summed E-state index contributed by atoms with van der Waals surface area (Å²) in [7, 11) is 0. The maximum absolute atomic E-state index is 10.5. The molecule has 0 unspecified atom stereocenters. The zero-order valence-electron chi connectivity index (χ0n) is 10.1. The van der Waals surface area contributed by atoms with E-state index in [2.05, 4.69) is 9.98 Å². The molecule has 4 nitrogen and oxygen atoms in total. The monoisotopic (exact) mass is 306 g/mol. The van der Waals surface area contributed by atoms with Gasteiger partial charge < -0.3 is 0 Å². The molecule has 0 fully saturated rings. The molecule has 0 bridgehead atoms. The number of hydrogen-bond donors (Lipinski definition) is 0. The van der Waals surface area contributed by atoms with Gasteiger partial charge in [0.2, 0.25) is 17.8 Å². The van der Waals surface area contributed by atoms with Crippen molar-refractivity contribution in [1.82, 2.24) is 0 Å². The third-order valence-electron chi connectivity index (χ3n) is 2.86. The van der Waals surface area contributed by atoms with Crippen LogP contribution in [0.3, 0.4) is 0 Å². The predicted octanol–water partition coefficient (Wildman–Crippen LogP) is 3.18. The number of carbonyl (C=O) groups excluding carboxylic acids is 2. The molecule has 1 aliphatic rings. The Bertz CT molecular complexity index is 650. The summed E-state index contributed by atoms with van der Waals surface area (Å²) in [5.41, 5.74) is -0.126. The molecule has 0 saturated carbocycles. The fourth-order valence-electron chi connectivity index (χ4n) is 1.86. The van der Waals surface area contributed by atoms with Crippen LogP contribution in [0.2, 0.25) is 0 Å². The lowest BCUT2D eigenvalue weighted by atomic mass is 9.93. The van der Waals surface area contributed by atoms with Crippen LogP contribution in [-0.4, -0.2) is 22.2 Å². The van der Waals surface area contributed by atoms with Gasteiger partial charge in [0, 0.05) is 0 Å². The van der Waals surface area contributed by atoms with E-state index in [1.165, 1.54) is 24.3 Å². The highest BCUT2D eigenvalue weighted by atomic mass is 35.5. The summed E-state index contributed by atoms with van der Waals surface area (Å²) >= 11 is 12.4. The molecule has 20 heavy (non-hydrogen) atoms. The van der Waals surface area contributed by atoms with E-state index in [4.69, 9.17) is 23.2 Å². The van der Waals surface area contributed by atoms with Gasteiger partial charge in [0.25, 0.3) is 0 Å². The molecule has 6 heteroatoms. The van der Waals surface area contributed by atoms with Gasteiger partial charge >= 0.3 is 0 Å². The number of rotatable bonds is 3. The standard InChI is InChI=1S/C14H8Cl2N2O2/c15-13(16)8-12(11-4-2-1-3-5-11)6-7-14(13,17-9-19)18-10-20/h1-8H. The van der Waals surface area contributed by atoms with E-state index in [1.54, 1.807) is 6.08 Å². The molecule has 0 N–H and O–H groups in total. The summed E-state index contributed by atoms with van der Waals surface area (Å²) in [5.74, 6) is 0. The molecule has 0 heterocycles. The van der Waals surface area contributed by atoms with Crippen LogP contribution in [0.5, 0.6) is 0 Å². The van der Waals surface area contributed by atoms with Crippen LogP contribution in [0.4, 0.5) is 0 Å². The number of aliphatic imine (C=N–C) groups is 2. The van der Waals surface area contributed by atoms with Crippen molar-refractivity contribution in [1.29, 1.82) is 0 Å². The topological polar surface area (TPSA) is 58.9 Å². The minimum Gasteiger partial charge on any atom is -0.211 e. The van der Waals surface area contributed by atoms with Gasteiger partial charge in [-0.05, 0) is 23.3 Å². The number of hydrogen-bond acceptors (Lipinski definition) is 4. The summed E-state index contributed by atoms with van der Waals surface area (Å²) in [6, 6.07) is 9.35. The summed E-state index contributed by atoms with van der Waals surface area (Å²) < 4.78 is -1.69. The molecule has 100 valence electrons. The van der Waals surface area contributed by atoms with Gasteiger partial charge in [0.05, 0.1) is 0 Å². The number of halogens is 2. The lowest BCUT2D eigenvalue weighted by Crippen LogP contribution is -2.41. The highest BCUT2D eigenvalue weighted by Gasteiger charge is 2.49. The second-order valence-corrected chi connectivity index (χ2v) is 5.44. The number of nitrogens with zero attached hydrogens (tertiary/aromatic N) is 2. The Morgan fingerprint density at radius 1 is 1.00 bits per heavy atom. The van der Waals surface area contributed by atoms with Gasteiger partial charge in [-0.1, -0.05) is 59.6 Å². The number of alkyl halides is 2.